The number of rotatable bonds is 2. The largest absolute Gasteiger partial charge is 0.461 e. The van der Waals surface area contributed by atoms with E-state index in [1.54, 1.807) is 31.2 Å². The maximum absolute atomic E-state index is 12.7. The summed E-state index contributed by atoms with van der Waals surface area (Å²) >= 11 is 0. The first-order chi connectivity index (χ1) is 7.95. The van der Waals surface area contributed by atoms with E-state index in [2.05, 4.69) is 0 Å². The Labute approximate surface area is 96.2 Å². The molecule has 2 rings (SSSR count). The Balaban J connectivity index is 2.66. The Morgan fingerprint density at radius 3 is 2.53 bits per heavy atom. The highest BCUT2D eigenvalue weighted by Gasteiger charge is 2.40. The summed E-state index contributed by atoms with van der Waals surface area (Å²) < 4.78 is 43.5. The van der Waals surface area contributed by atoms with Gasteiger partial charge >= 0.3 is 6.18 Å². The van der Waals surface area contributed by atoms with Crippen molar-refractivity contribution >= 4 is 11.0 Å². The molecular weight excluding hydrogens is 231 g/mol. The standard InChI is InChI=1S/C12H12F3NO/c1-2-8-10(11(16)12(13,14)15)7-5-3-4-6-9(7)17-8/h3-6,11H,2,16H2,1H3. The molecule has 1 atom stereocenters. The maximum atomic E-state index is 12.7. The number of halogens is 3. The smallest absolute Gasteiger partial charge is 0.407 e. The van der Waals surface area contributed by atoms with Gasteiger partial charge in [-0.2, -0.15) is 13.2 Å². The van der Waals surface area contributed by atoms with E-state index >= 15 is 0 Å². The number of hydrogen-bond acceptors (Lipinski definition) is 2. The second kappa shape index (κ2) is 4.07. The van der Waals surface area contributed by atoms with Crippen LogP contribution in [0.25, 0.3) is 11.0 Å². The van der Waals surface area contributed by atoms with Crippen LogP contribution in [-0.2, 0) is 6.42 Å². The molecule has 0 aliphatic carbocycles. The van der Waals surface area contributed by atoms with Gasteiger partial charge in [0.2, 0.25) is 0 Å². The first kappa shape index (κ1) is 12.0. The van der Waals surface area contributed by atoms with Crippen LogP contribution >= 0.6 is 0 Å². The molecule has 0 fully saturated rings. The third kappa shape index (κ3) is 2.02. The van der Waals surface area contributed by atoms with E-state index in [1.807, 2.05) is 0 Å². The highest BCUT2D eigenvalue weighted by atomic mass is 19.4. The van der Waals surface area contributed by atoms with Crippen molar-refractivity contribution in [3.05, 3.63) is 35.6 Å². The van der Waals surface area contributed by atoms with Gasteiger partial charge in [0.05, 0.1) is 0 Å². The Morgan fingerprint density at radius 1 is 1.29 bits per heavy atom. The van der Waals surface area contributed by atoms with E-state index in [1.165, 1.54) is 0 Å². The molecule has 1 unspecified atom stereocenters. The Hall–Kier alpha value is -1.49. The maximum Gasteiger partial charge on any atom is 0.407 e. The fourth-order valence-electron chi connectivity index (χ4n) is 1.88. The van der Waals surface area contributed by atoms with E-state index < -0.39 is 12.2 Å². The lowest BCUT2D eigenvalue weighted by Gasteiger charge is -2.15. The van der Waals surface area contributed by atoms with Crippen LogP contribution in [0.15, 0.2) is 28.7 Å². The van der Waals surface area contributed by atoms with Crippen molar-refractivity contribution in [2.75, 3.05) is 0 Å². The van der Waals surface area contributed by atoms with Crippen LogP contribution in [0, 0.1) is 0 Å². The van der Waals surface area contributed by atoms with Crippen molar-refractivity contribution < 1.29 is 17.6 Å². The number of benzene rings is 1. The van der Waals surface area contributed by atoms with Gasteiger partial charge in [-0.3, -0.25) is 0 Å². The second-order valence-corrected chi connectivity index (χ2v) is 3.81. The predicted octanol–water partition coefficient (Wildman–Crippen LogP) is 3.56. The molecule has 0 saturated carbocycles. The fourth-order valence-corrected chi connectivity index (χ4v) is 1.88. The molecule has 5 heteroatoms. The monoisotopic (exact) mass is 243 g/mol. The lowest BCUT2D eigenvalue weighted by molar-refractivity contribution is -0.149. The van der Waals surface area contributed by atoms with E-state index in [9.17, 15) is 13.2 Å². The zero-order chi connectivity index (χ0) is 12.6. The molecule has 1 heterocycles. The minimum absolute atomic E-state index is 0.0515. The number of alkyl halides is 3. The lowest BCUT2D eigenvalue weighted by atomic mass is 10.0. The highest BCUT2D eigenvalue weighted by molar-refractivity contribution is 5.82. The minimum Gasteiger partial charge on any atom is -0.461 e. The molecule has 92 valence electrons. The molecule has 2 N–H and O–H groups in total. The Morgan fingerprint density at radius 2 is 1.94 bits per heavy atom. The SMILES string of the molecule is CCc1oc2ccccc2c1C(N)C(F)(F)F. The number of nitrogens with two attached hydrogens (primary N) is 1. The van der Waals surface area contributed by atoms with Crippen LogP contribution in [0.3, 0.4) is 0 Å². The molecule has 0 amide bonds. The average Bonchev–Trinajstić information content (AvgIpc) is 2.64. The van der Waals surface area contributed by atoms with Crippen LogP contribution in [0.5, 0.6) is 0 Å². The van der Waals surface area contributed by atoms with Gasteiger partial charge in [0, 0.05) is 17.4 Å². The number of hydrogen-bond donors (Lipinski definition) is 1. The summed E-state index contributed by atoms with van der Waals surface area (Å²) in [5, 5.41) is 0.439. The normalized spacial score (nSPS) is 14.2. The summed E-state index contributed by atoms with van der Waals surface area (Å²) in [6.45, 7) is 1.74. The summed E-state index contributed by atoms with van der Waals surface area (Å²) in [6, 6.07) is 4.62. The molecule has 0 aliphatic heterocycles. The van der Waals surface area contributed by atoms with E-state index in [0.717, 1.165) is 0 Å². The average molecular weight is 243 g/mol. The van der Waals surface area contributed by atoms with E-state index in [0.29, 0.717) is 23.2 Å². The topological polar surface area (TPSA) is 39.2 Å². The number of furan rings is 1. The van der Waals surface area contributed by atoms with Gasteiger partial charge < -0.3 is 10.2 Å². The summed E-state index contributed by atoms with van der Waals surface area (Å²) in [4.78, 5) is 0. The van der Waals surface area contributed by atoms with E-state index in [-0.39, 0.29) is 5.56 Å². The van der Waals surface area contributed by atoms with Gasteiger partial charge in [-0.05, 0) is 6.07 Å². The molecular formula is C12H12F3NO. The summed E-state index contributed by atoms with van der Waals surface area (Å²) in [5.41, 5.74) is 5.77. The molecule has 0 aliphatic rings. The molecule has 2 nitrogen and oxygen atoms in total. The second-order valence-electron chi connectivity index (χ2n) is 3.81. The third-order valence-electron chi connectivity index (χ3n) is 2.70. The van der Waals surface area contributed by atoms with Crippen molar-refractivity contribution in [1.29, 1.82) is 0 Å². The third-order valence-corrected chi connectivity index (χ3v) is 2.70. The van der Waals surface area contributed by atoms with Crippen molar-refractivity contribution in [2.45, 2.75) is 25.6 Å². The zero-order valence-electron chi connectivity index (χ0n) is 9.21. The summed E-state index contributed by atoms with van der Waals surface area (Å²) in [7, 11) is 0. The van der Waals surface area contributed by atoms with Gasteiger partial charge in [-0.25, -0.2) is 0 Å². The van der Waals surface area contributed by atoms with Crippen LogP contribution in [-0.4, -0.2) is 6.18 Å². The molecule has 1 aromatic carbocycles. The van der Waals surface area contributed by atoms with Crippen LogP contribution in [0.4, 0.5) is 13.2 Å². The summed E-state index contributed by atoms with van der Waals surface area (Å²) in [5.74, 6) is 0.302. The lowest BCUT2D eigenvalue weighted by Crippen LogP contribution is -2.29. The molecule has 1 aromatic heterocycles. The van der Waals surface area contributed by atoms with Gasteiger partial charge in [0.25, 0.3) is 0 Å². The first-order valence-electron chi connectivity index (χ1n) is 5.27. The quantitative estimate of drug-likeness (QED) is 0.875. The fraction of sp³-hybridized carbons (Fsp3) is 0.333. The van der Waals surface area contributed by atoms with Gasteiger partial charge in [0.1, 0.15) is 17.4 Å². The predicted molar refractivity (Wildman–Crippen MR) is 58.6 cm³/mol. The molecule has 2 aromatic rings. The highest BCUT2D eigenvalue weighted by Crippen LogP contribution is 2.38. The van der Waals surface area contributed by atoms with Gasteiger partial charge in [0.15, 0.2) is 0 Å². The zero-order valence-corrected chi connectivity index (χ0v) is 9.21. The number of para-hydroxylation sites is 1. The van der Waals surface area contributed by atoms with Crippen molar-refractivity contribution in [3.63, 3.8) is 0 Å². The minimum atomic E-state index is -4.46. The van der Waals surface area contributed by atoms with Crippen LogP contribution < -0.4 is 5.73 Å². The number of fused-ring (bicyclic) bond motifs is 1. The molecule has 17 heavy (non-hydrogen) atoms. The van der Waals surface area contributed by atoms with Crippen molar-refractivity contribution in [1.82, 2.24) is 0 Å². The molecule has 0 saturated heterocycles. The molecule has 0 spiro atoms. The Kier molecular flexibility index (Phi) is 2.87. The molecule has 0 radical (unpaired) electrons. The molecule has 0 bridgehead atoms. The first-order valence-corrected chi connectivity index (χ1v) is 5.27. The van der Waals surface area contributed by atoms with Crippen molar-refractivity contribution in [3.8, 4) is 0 Å². The Bertz CT molecular complexity index is 530. The summed E-state index contributed by atoms with van der Waals surface area (Å²) in [6.07, 6.45) is -4.08. The van der Waals surface area contributed by atoms with Gasteiger partial charge in [-0.1, -0.05) is 25.1 Å². The number of aryl methyl sites for hydroxylation is 1. The van der Waals surface area contributed by atoms with E-state index in [4.69, 9.17) is 10.2 Å². The van der Waals surface area contributed by atoms with Crippen LogP contribution in [0.2, 0.25) is 0 Å². The van der Waals surface area contributed by atoms with Crippen LogP contribution in [0.1, 0.15) is 24.3 Å². The van der Waals surface area contributed by atoms with Gasteiger partial charge in [-0.15, -0.1) is 0 Å². The van der Waals surface area contributed by atoms with Crippen molar-refractivity contribution in [2.24, 2.45) is 5.73 Å².